The van der Waals surface area contributed by atoms with Crippen LogP contribution in [0.25, 0.3) is 10.9 Å². The third-order valence-corrected chi connectivity index (χ3v) is 6.33. The maximum atomic E-state index is 13.0. The van der Waals surface area contributed by atoms with E-state index >= 15 is 0 Å². The molecule has 2 heterocycles. The first kappa shape index (κ1) is 24.1. The predicted octanol–water partition coefficient (Wildman–Crippen LogP) is 5.39. The number of nitrogens with one attached hydrogen (secondary N) is 1. The minimum absolute atomic E-state index is 0.0355. The SMILES string of the molecule is Cc1c(C(=O)Oc2cccc3cccnc23)oc2c1/C(=N/NC(=O)c1ccc(Cl)c([N+](=O)[O-])c1)CCC2. The molecule has 1 amide bonds. The van der Waals surface area contributed by atoms with Crippen molar-refractivity contribution in [3.05, 3.63) is 98.1 Å². The van der Waals surface area contributed by atoms with Gasteiger partial charge in [0.2, 0.25) is 5.76 Å². The van der Waals surface area contributed by atoms with E-state index in [1.165, 1.54) is 12.1 Å². The number of carbonyl (C=O) groups excluding carboxylic acids is 2. The number of furan rings is 1. The number of hydrogen-bond donors (Lipinski definition) is 1. The van der Waals surface area contributed by atoms with E-state index in [9.17, 15) is 19.7 Å². The van der Waals surface area contributed by atoms with Crippen LogP contribution in [0.1, 0.15) is 50.6 Å². The van der Waals surface area contributed by atoms with Crippen molar-refractivity contribution in [2.24, 2.45) is 5.10 Å². The zero-order chi connectivity index (χ0) is 26.1. The second-order valence-electron chi connectivity index (χ2n) is 8.35. The number of aromatic nitrogens is 1. The Labute approximate surface area is 215 Å². The average molecular weight is 519 g/mol. The van der Waals surface area contributed by atoms with E-state index in [0.29, 0.717) is 53.1 Å². The van der Waals surface area contributed by atoms with Crippen molar-refractivity contribution < 1.29 is 23.7 Å². The summed E-state index contributed by atoms with van der Waals surface area (Å²) in [5, 5.41) is 16.1. The third kappa shape index (κ3) is 4.66. The van der Waals surface area contributed by atoms with E-state index in [0.717, 1.165) is 11.5 Å². The maximum Gasteiger partial charge on any atom is 0.380 e. The molecular formula is C26H19ClN4O6. The van der Waals surface area contributed by atoms with Gasteiger partial charge < -0.3 is 9.15 Å². The van der Waals surface area contributed by atoms with E-state index in [1.807, 2.05) is 12.1 Å². The molecule has 1 aliphatic carbocycles. The molecule has 0 fully saturated rings. The minimum Gasteiger partial charge on any atom is -0.453 e. The van der Waals surface area contributed by atoms with Crippen LogP contribution in [0.4, 0.5) is 5.69 Å². The highest BCUT2D eigenvalue weighted by Gasteiger charge is 2.29. The Bertz CT molecular complexity index is 1600. The summed E-state index contributed by atoms with van der Waals surface area (Å²) in [6.45, 7) is 1.73. The molecule has 0 bridgehead atoms. The van der Waals surface area contributed by atoms with Crippen LogP contribution in [-0.2, 0) is 6.42 Å². The molecule has 1 aliphatic rings. The number of para-hydroxylation sites is 1. The second kappa shape index (κ2) is 9.82. The van der Waals surface area contributed by atoms with E-state index in [1.54, 1.807) is 31.3 Å². The molecule has 2 aromatic heterocycles. The van der Waals surface area contributed by atoms with Crippen molar-refractivity contribution in [3.63, 3.8) is 0 Å². The van der Waals surface area contributed by atoms with Gasteiger partial charge in [0.25, 0.3) is 11.6 Å². The molecule has 0 aliphatic heterocycles. The highest BCUT2D eigenvalue weighted by atomic mass is 35.5. The van der Waals surface area contributed by atoms with E-state index < -0.39 is 16.8 Å². The molecule has 0 unspecified atom stereocenters. The molecule has 11 heteroatoms. The van der Waals surface area contributed by atoms with Crippen molar-refractivity contribution in [2.45, 2.75) is 26.2 Å². The summed E-state index contributed by atoms with van der Waals surface area (Å²) in [6, 6.07) is 12.7. The van der Waals surface area contributed by atoms with Crippen LogP contribution >= 0.6 is 11.6 Å². The van der Waals surface area contributed by atoms with E-state index in [-0.39, 0.29) is 22.0 Å². The van der Waals surface area contributed by atoms with Crippen LogP contribution in [0.5, 0.6) is 5.75 Å². The van der Waals surface area contributed by atoms with Crippen molar-refractivity contribution in [2.75, 3.05) is 0 Å². The Morgan fingerprint density at radius 3 is 2.81 bits per heavy atom. The van der Waals surface area contributed by atoms with Crippen LogP contribution in [0.3, 0.4) is 0 Å². The molecule has 4 aromatic rings. The molecule has 37 heavy (non-hydrogen) atoms. The average Bonchev–Trinajstić information content (AvgIpc) is 3.24. The van der Waals surface area contributed by atoms with Crippen molar-refractivity contribution in [3.8, 4) is 5.75 Å². The Balaban J connectivity index is 1.40. The predicted molar refractivity (Wildman–Crippen MR) is 135 cm³/mol. The van der Waals surface area contributed by atoms with Crippen LogP contribution in [0.2, 0.25) is 5.02 Å². The lowest BCUT2D eigenvalue weighted by atomic mass is 9.93. The Kier molecular flexibility index (Phi) is 6.41. The summed E-state index contributed by atoms with van der Waals surface area (Å²) in [7, 11) is 0. The van der Waals surface area contributed by atoms with Gasteiger partial charge in [0.1, 0.15) is 16.3 Å². The molecule has 186 valence electrons. The van der Waals surface area contributed by atoms with Gasteiger partial charge in [-0.2, -0.15) is 5.10 Å². The number of rotatable bonds is 5. The maximum absolute atomic E-state index is 13.0. The van der Waals surface area contributed by atoms with E-state index in [2.05, 4.69) is 15.5 Å². The zero-order valence-corrected chi connectivity index (χ0v) is 20.2. The van der Waals surface area contributed by atoms with E-state index in [4.69, 9.17) is 20.8 Å². The first-order valence-electron chi connectivity index (χ1n) is 11.3. The number of hydrogen-bond acceptors (Lipinski definition) is 8. The number of ether oxygens (including phenoxy) is 1. The lowest BCUT2D eigenvalue weighted by Crippen LogP contribution is -2.22. The number of benzene rings is 2. The van der Waals surface area contributed by atoms with Gasteiger partial charge in [-0.1, -0.05) is 29.8 Å². The number of nitro groups is 1. The van der Waals surface area contributed by atoms with Crippen molar-refractivity contribution in [1.82, 2.24) is 10.4 Å². The number of nitro benzene ring substituents is 1. The summed E-state index contributed by atoms with van der Waals surface area (Å²) in [5.74, 6) is -0.366. The summed E-state index contributed by atoms with van der Waals surface area (Å²) in [4.78, 5) is 40.4. The van der Waals surface area contributed by atoms with Crippen molar-refractivity contribution >= 4 is 45.8 Å². The molecule has 0 saturated carbocycles. The zero-order valence-electron chi connectivity index (χ0n) is 19.5. The molecule has 0 saturated heterocycles. The topological polar surface area (TPSA) is 137 Å². The largest absolute Gasteiger partial charge is 0.453 e. The first-order chi connectivity index (χ1) is 17.8. The lowest BCUT2D eigenvalue weighted by Gasteiger charge is -2.13. The standard InChI is InChI=1S/C26H19ClN4O6/c1-14-22-18(29-30-25(32)16-10-11-17(27)19(13-16)31(34)35)7-3-8-20(22)36-24(14)26(33)37-21-9-2-5-15-6-4-12-28-23(15)21/h2,4-6,9-13H,3,7-8H2,1H3,(H,30,32)/b29-18+. The smallest absolute Gasteiger partial charge is 0.380 e. The monoisotopic (exact) mass is 518 g/mol. The lowest BCUT2D eigenvalue weighted by molar-refractivity contribution is -0.384. The molecule has 2 aromatic carbocycles. The fraction of sp³-hybridized carbons (Fsp3) is 0.154. The Morgan fingerprint density at radius 2 is 2.00 bits per heavy atom. The summed E-state index contributed by atoms with van der Waals surface area (Å²) in [6.07, 6.45) is 3.45. The fourth-order valence-corrected chi connectivity index (χ4v) is 4.44. The number of aryl methyl sites for hydroxylation is 1. The van der Waals surface area contributed by atoms with Gasteiger partial charge in [-0.25, -0.2) is 10.2 Å². The molecule has 1 N–H and O–H groups in total. The van der Waals surface area contributed by atoms with Crippen LogP contribution < -0.4 is 10.2 Å². The van der Waals surface area contributed by atoms with Gasteiger partial charge >= 0.3 is 5.97 Å². The molecule has 0 radical (unpaired) electrons. The fourth-order valence-electron chi connectivity index (χ4n) is 4.26. The van der Waals surface area contributed by atoms with Crippen molar-refractivity contribution in [1.29, 1.82) is 0 Å². The highest BCUT2D eigenvalue weighted by molar-refractivity contribution is 6.32. The highest BCUT2D eigenvalue weighted by Crippen LogP contribution is 2.32. The summed E-state index contributed by atoms with van der Waals surface area (Å²) in [5.41, 5.74) is 4.36. The number of pyridine rings is 1. The number of nitrogens with zero attached hydrogens (tertiary/aromatic N) is 3. The molecule has 0 atom stereocenters. The number of amides is 1. The summed E-state index contributed by atoms with van der Waals surface area (Å²) >= 11 is 5.82. The normalized spacial score (nSPS) is 13.8. The van der Waals surface area contributed by atoms with Crippen LogP contribution in [0.15, 0.2) is 64.2 Å². The van der Waals surface area contributed by atoms with Gasteiger partial charge in [0, 0.05) is 40.8 Å². The Hall–Kier alpha value is -4.57. The first-order valence-corrected chi connectivity index (χ1v) is 11.7. The third-order valence-electron chi connectivity index (χ3n) is 6.01. The molecule has 5 rings (SSSR count). The van der Waals surface area contributed by atoms with Gasteiger partial charge in [-0.15, -0.1) is 0 Å². The van der Waals surface area contributed by atoms with Crippen LogP contribution in [-0.4, -0.2) is 27.5 Å². The number of hydrazone groups is 1. The van der Waals surface area contributed by atoms with Gasteiger partial charge in [-0.05, 0) is 44.0 Å². The summed E-state index contributed by atoms with van der Waals surface area (Å²) < 4.78 is 11.5. The number of esters is 1. The van der Waals surface area contributed by atoms with Gasteiger partial charge in [0.15, 0.2) is 5.75 Å². The molecular weight excluding hydrogens is 500 g/mol. The minimum atomic E-state index is -0.665. The second-order valence-corrected chi connectivity index (χ2v) is 8.76. The molecule has 10 nitrogen and oxygen atoms in total. The number of halogens is 1. The quantitative estimate of drug-likeness (QED) is 0.162. The molecule has 0 spiro atoms. The number of carbonyl (C=O) groups is 2. The van der Waals surface area contributed by atoms with Gasteiger partial charge in [0.05, 0.1) is 10.6 Å². The number of fused-ring (bicyclic) bond motifs is 2. The van der Waals surface area contributed by atoms with Crippen LogP contribution in [0, 0.1) is 17.0 Å². The Morgan fingerprint density at radius 1 is 1.19 bits per heavy atom. The van der Waals surface area contributed by atoms with Gasteiger partial charge in [-0.3, -0.25) is 19.9 Å².